The number of nitrogens with zero attached hydrogens (tertiary/aromatic N) is 2. The van der Waals surface area contributed by atoms with E-state index in [4.69, 9.17) is 9.84 Å². The summed E-state index contributed by atoms with van der Waals surface area (Å²) in [5.74, 6) is -1.65. The van der Waals surface area contributed by atoms with E-state index in [1.807, 2.05) is 0 Å². The van der Waals surface area contributed by atoms with Gasteiger partial charge in [0.1, 0.15) is 0 Å². The summed E-state index contributed by atoms with van der Waals surface area (Å²) in [6.45, 7) is 0. The fraction of sp³-hybridized carbons (Fsp3) is 0. The van der Waals surface area contributed by atoms with Gasteiger partial charge < -0.3 is 9.84 Å². The zero-order valence-corrected chi connectivity index (χ0v) is 9.11. The summed E-state index contributed by atoms with van der Waals surface area (Å²) in [7, 11) is 0. The minimum absolute atomic E-state index is 0.0242. The van der Waals surface area contributed by atoms with Gasteiger partial charge in [-0.2, -0.15) is 0 Å². The van der Waals surface area contributed by atoms with E-state index in [1.165, 1.54) is 24.5 Å². The van der Waals surface area contributed by atoms with Crippen molar-refractivity contribution in [1.82, 2.24) is 9.97 Å². The van der Waals surface area contributed by atoms with Crippen LogP contribution in [-0.2, 0) is 0 Å². The number of rotatable bonds is 3. The molecule has 0 unspecified atom stereocenters. The second-order valence-electron chi connectivity index (χ2n) is 3.32. The minimum atomic E-state index is -1.09. The van der Waals surface area contributed by atoms with Gasteiger partial charge in [0.25, 0.3) is 0 Å². The van der Waals surface area contributed by atoms with E-state index in [0.717, 1.165) is 6.20 Å². The van der Waals surface area contributed by atoms with Crippen molar-refractivity contribution in [3.63, 3.8) is 0 Å². The molecular weight excluding hydrogens is 236 g/mol. The number of carbonyl (C=O) groups is 2. The van der Waals surface area contributed by atoms with Crippen molar-refractivity contribution in [2.75, 3.05) is 0 Å². The number of hydrogen-bond acceptors (Lipinski definition) is 5. The molecule has 2 aromatic heterocycles. The van der Waals surface area contributed by atoms with E-state index in [-0.39, 0.29) is 11.4 Å². The Morgan fingerprint density at radius 3 is 2.50 bits per heavy atom. The second-order valence-corrected chi connectivity index (χ2v) is 3.32. The molecule has 0 saturated carbocycles. The first-order chi connectivity index (χ1) is 8.66. The number of hydrogen-bond donors (Lipinski definition) is 1. The third-order valence-corrected chi connectivity index (χ3v) is 2.08. The molecule has 0 radical (unpaired) electrons. The maximum absolute atomic E-state index is 11.6. The van der Waals surface area contributed by atoms with E-state index >= 15 is 0 Å². The summed E-state index contributed by atoms with van der Waals surface area (Å²) in [6.07, 6.45) is 4.03. The Morgan fingerprint density at radius 2 is 1.94 bits per heavy atom. The van der Waals surface area contributed by atoms with Crippen LogP contribution >= 0.6 is 0 Å². The number of pyridine rings is 2. The molecule has 2 aromatic rings. The highest BCUT2D eigenvalue weighted by atomic mass is 16.5. The van der Waals surface area contributed by atoms with E-state index in [9.17, 15) is 9.59 Å². The van der Waals surface area contributed by atoms with Gasteiger partial charge in [-0.25, -0.2) is 14.6 Å². The van der Waals surface area contributed by atoms with Gasteiger partial charge in [-0.3, -0.25) is 4.98 Å². The molecular formula is C12H8N2O4. The highest BCUT2D eigenvalue weighted by molar-refractivity contribution is 5.90. The standard InChI is InChI=1S/C12H8N2O4/c15-11(16)8-3-4-10(14-7-8)18-12(17)9-2-1-5-13-6-9/h1-7H,(H,15,16). The molecule has 18 heavy (non-hydrogen) atoms. The first kappa shape index (κ1) is 11.7. The maximum Gasteiger partial charge on any atom is 0.346 e. The summed E-state index contributed by atoms with van der Waals surface area (Å²) in [4.78, 5) is 29.7. The molecule has 0 aliphatic heterocycles. The van der Waals surface area contributed by atoms with Crippen molar-refractivity contribution in [2.24, 2.45) is 0 Å². The van der Waals surface area contributed by atoms with Crippen LogP contribution in [0.4, 0.5) is 0 Å². The summed E-state index contributed by atoms with van der Waals surface area (Å²) >= 11 is 0. The van der Waals surface area contributed by atoms with Crippen molar-refractivity contribution >= 4 is 11.9 Å². The molecule has 0 saturated heterocycles. The predicted molar refractivity (Wildman–Crippen MR) is 60.4 cm³/mol. The van der Waals surface area contributed by atoms with Crippen LogP contribution in [0.3, 0.4) is 0 Å². The number of aromatic carboxylic acids is 1. The van der Waals surface area contributed by atoms with Crippen molar-refractivity contribution < 1.29 is 19.4 Å². The first-order valence-electron chi connectivity index (χ1n) is 4.98. The zero-order valence-electron chi connectivity index (χ0n) is 9.11. The molecule has 2 rings (SSSR count). The molecule has 0 bridgehead atoms. The van der Waals surface area contributed by atoms with Crippen molar-refractivity contribution in [2.45, 2.75) is 0 Å². The lowest BCUT2D eigenvalue weighted by molar-refractivity contribution is 0.0696. The fourth-order valence-electron chi connectivity index (χ4n) is 1.20. The third-order valence-electron chi connectivity index (χ3n) is 2.08. The Kier molecular flexibility index (Phi) is 3.29. The molecule has 0 atom stereocenters. The van der Waals surface area contributed by atoms with Crippen LogP contribution in [-0.4, -0.2) is 27.0 Å². The van der Waals surface area contributed by atoms with Crippen molar-refractivity contribution in [1.29, 1.82) is 0 Å². The SMILES string of the molecule is O=C(O)c1ccc(OC(=O)c2cccnc2)nc1. The predicted octanol–water partition coefficient (Wildman–Crippen LogP) is 1.39. The number of carboxylic acid groups (broad SMARTS) is 1. The van der Waals surface area contributed by atoms with Gasteiger partial charge in [0.05, 0.1) is 11.1 Å². The molecule has 0 aliphatic carbocycles. The molecule has 6 heteroatoms. The van der Waals surface area contributed by atoms with E-state index in [0.29, 0.717) is 5.56 Å². The van der Waals surface area contributed by atoms with Gasteiger partial charge in [-0.15, -0.1) is 0 Å². The monoisotopic (exact) mass is 244 g/mol. The molecule has 1 N–H and O–H groups in total. The lowest BCUT2D eigenvalue weighted by Gasteiger charge is -2.02. The summed E-state index contributed by atoms with van der Waals surface area (Å²) in [5.41, 5.74) is 0.317. The number of carboxylic acids is 1. The molecule has 0 aliphatic rings. The van der Waals surface area contributed by atoms with Crippen LogP contribution in [0.5, 0.6) is 5.88 Å². The number of aromatic nitrogens is 2. The molecule has 0 aromatic carbocycles. The van der Waals surface area contributed by atoms with Crippen LogP contribution in [0.1, 0.15) is 20.7 Å². The molecule has 2 heterocycles. The Hall–Kier alpha value is -2.76. The Morgan fingerprint density at radius 1 is 1.11 bits per heavy atom. The summed E-state index contributed by atoms with van der Waals surface area (Å²) in [5, 5.41) is 8.68. The number of carbonyl (C=O) groups excluding carboxylic acids is 1. The van der Waals surface area contributed by atoms with Gasteiger partial charge in [-0.05, 0) is 18.2 Å². The van der Waals surface area contributed by atoms with E-state index < -0.39 is 11.9 Å². The number of esters is 1. The highest BCUT2D eigenvalue weighted by Gasteiger charge is 2.10. The fourth-order valence-corrected chi connectivity index (χ4v) is 1.20. The third kappa shape index (κ3) is 2.67. The smallest absolute Gasteiger partial charge is 0.346 e. The summed E-state index contributed by atoms with van der Waals surface area (Å²) in [6, 6.07) is 5.79. The summed E-state index contributed by atoms with van der Waals surface area (Å²) < 4.78 is 4.95. The zero-order chi connectivity index (χ0) is 13.0. The van der Waals surface area contributed by atoms with Gasteiger partial charge in [-0.1, -0.05) is 0 Å². The van der Waals surface area contributed by atoms with Crippen molar-refractivity contribution in [3.05, 3.63) is 54.0 Å². The van der Waals surface area contributed by atoms with Crippen molar-refractivity contribution in [3.8, 4) is 5.88 Å². The molecule has 0 fully saturated rings. The molecule has 90 valence electrons. The highest BCUT2D eigenvalue weighted by Crippen LogP contribution is 2.10. The van der Waals surface area contributed by atoms with Crippen LogP contribution in [0.25, 0.3) is 0 Å². The molecule has 6 nitrogen and oxygen atoms in total. The van der Waals surface area contributed by atoms with Gasteiger partial charge in [0.2, 0.25) is 5.88 Å². The average Bonchev–Trinajstić information content (AvgIpc) is 2.40. The minimum Gasteiger partial charge on any atom is -0.478 e. The molecule has 0 spiro atoms. The van der Waals surface area contributed by atoms with Crippen LogP contribution in [0.15, 0.2) is 42.9 Å². The Labute approximate surface area is 102 Å². The van der Waals surface area contributed by atoms with Gasteiger partial charge in [0.15, 0.2) is 0 Å². The van der Waals surface area contributed by atoms with Crippen LogP contribution in [0.2, 0.25) is 0 Å². The molecule has 0 amide bonds. The van der Waals surface area contributed by atoms with Crippen LogP contribution < -0.4 is 4.74 Å². The van der Waals surface area contributed by atoms with E-state index in [1.54, 1.807) is 12.1 Å². The second kappa shape index (κ2) is 5.05. The van der Waals surface area contributed by atoms with E-state index in [2.05, 4.69) is 9.97 Å². The lowest BCUT2D eigenvalue weighted by Crippen LogP contribution is -2.10. The Balaban J connectivity index is 2.10. The maximum atomic E-state index is 11.6. The average molecular weight is 244 g/mol. The normalized spacial score (nSPS) is 9.78. The largest absolute Gasteiger partial charge is 0.478 e. The number of ether oxygens (including phenoxy) is 1. The van der Waals surface area contributed by atoms with Crippen LogP contribution in [0, 0.1) is 0 Å². The first-order valence-corrected chi connectivity index (χ1v) is 4.98. The lowest BCUT2D eigenvalue weighted by atomic mass is 10.3. The van der Waals surface area contributed by atoms with Gasteiger partial charge in [0, 0.05) is 24.7 Å². The quantitative estimate of drug-likeness (QED) is 0.820. The Bertz CT molecular complexity index is 566. The van der Waals surface area contributed by atoms with Gasteiger partial charge >= 0.3 is 11.9 Å². The topological polar surface area (TPSA) is 89.4 Å².